The maximum absolute atomic E-state index is 12.0. The van der Waals surface area contributed by atoms with Crippen molar-refractivity contribution in [3.8, 4) is 11.1 Å². The number of hydrogen-bond acceptors (Lipinski definition) is 6. The van der Waals surface area contributed by atoms with E-state index in [1.807, 2.05) is 18.2 Å². The van der Waals surface area contributed by atoms with Gasteiger partial charge in [-0.2, -0.15) is 0 Å². The van der Waals surface area contributed by atoms with Crippen LogP contribution in [0.5, 0.6) is 0 Å². The van der Waals surface area contributed by atoms with E-state index in [9.17, 15) is 4.79 Å². The molecule has 0 radical (unpaired) electrons. The van der Waals surface area contributed by atoms with Crippen LogP contribution in [0.1, 0.15) is 6.42 Å². The first kappa shape index (κ1) is 16.0. The summed E-state index contributed by atoms with van der Waals surface area (Å²) in [6.45, 7) is 1.19. The second kappa shape index (κ2) is 6.78. The summed E-state index contributed by atoms with van der Waals surface area (Å²) in [5.41, 5.74) is 7.77. The van der Waals surface area contributed by atoms with Crippen molar-refractivity contribution in [1.82, 2.24) is 9.97 Å². The van der Waals surface area contributed by atoms with Crippen molar-refractivity contribution in [2.45, 2.75) is 12.5 Å². The minimum Gasteiger partial charge on any atom is -0.381 e. The molecular formula is C18H18N4O2S. The zero-order valence-electron chi connectivity index (χ0n) is 13.5. The number of carbonyl (C=O) groups excluding carboxylic acids is 1. The number of carbonyl (C=O) groups is 1. The number of nitrogens with one attached hydrogen (secondary N) is 1. The van der Waals surface area contributed by atoms with Crippen molar-refractivity contribution in [1.29, 1.82) is 0 Å². The van der Waals surface area contributed by atoms with Crippen LogP contribution < -0.4 is 11.1 Å². The van der Waals surface area contributed by atoms with Gasteiger partial charge in [0.05, 0.1) is 12.0 Å². The van der Waals surface area contributed by atoms with Crippen LogP contribution in [0.4, 0.5) is 5.82 Å². The van der Waals surface area contributed by atoms with Gasteiger partial charge in [0.2, 0.25) is 5.91 Å². The number of amides is 1. The zero-order chi connectivity index (χ0) is 17.2. The molecule has 1 amide bonds. The first-order chi connectivity index (χ1) is 12.2. The number of nitrogens with zero attached hydrogens (tertiary/aromatic N) is 2. The second-order valence-electron chi connectivity index (χ2n) is 6.07. The molecule has 0 bridgehead atoms. The lowest BCUT2D eigenvalue weighted by Crippen LogP contribution is -2.42. The maximum Gasteiger partial charge on any atom is 0.240 e. The molecule has 6 nitrogen and oxygen atoms in total. The van der Waals surface area contributed by atoms with Crippen molar-refractivity contribution in [2.75, 3.05) is 18.5 Å². The number of benzene rings is 1. The first-order valence-electron chi connectivity index (χ1n) is 8.15. The molecule has 25 heavy (non-hydrogen) atoms. The van der Waals surface area contributed by atoms with Gasteiger partial charge in [-0.05, 0) is 12.0 Å². The minimum atomic E-state index is -0.510. The molecule has 3 heterocycles. The first-order valence-corrected chi connectivity index (χ1v) is 9.03. The van der Waals surface area contributed by atoms with Crippen LogP contribution in [-0.4, -0.2) is 35.1 Å². The molecule has 0 spiro atoms. The van der Waals surface area contributed by atoms with Crippen LogP contribution in [0.15, 0.2) is 42.0 Å². The third-order valence-corrected chi connectivity index (χ3v) is 5.38. The number of hydrogen-bond donors (Lipinski definition) is 2. The van der Waals surface area contributed by atoms with Gasteiger partial charge in [-0.15, -0.1) is 11.3 Å². The number of primary amides is 1. The van der Waals surface area contributed by atoms with Gasteiger partial charge in [-0.3, -0.25) is 4.79 Å². The molecule has 3 aromatic rings. The summed E-state index contributed by atoms with van der Waals surface area (Å²) in [4.78, 5) is 21.6. The highest BCUT2D eigenvalue weighted by molar-refractivity contribution is 7.17. The quantitative estimate of drug-likeness (QED) is 0.735. The fourth-order valence-corrected chi connectivity index (χ4v) is 4.11. The summed E-state index contributed by atoms with van der Waals surface area (Å²) in [7, 11) is 0. The Balaban J connectivity index is 1.76. The van der Waals surface area contributed by atoms with Crippen molar-refractivity contribution in [3.63, 3.8) is 0 Å². The summed E-state index contributed by atoms with van der Waals surface area (Å²) < 4.78 is 5.41. The van der Waals surface area contributed by atoms with Crippen LogP contribution in [0, 0.1) is 5.92 Å². The van der Waals surface area contributed by atoms with E-state index in [1.54, 1.807) is 11.3 Å². The summed E-state index contributed by atoms with van der Waals surface area (Å²) in [6, 6.07) is 9.57. The van der Waals surface area contributed by atoms with E-state index < -0.39 is 11.9 Å². The molecule has 1 saturated heterocycles. The van der Waals surface area contributed by atoms with Gasteiger partial charge in [0, 0.05) is 23.5 Å². The molecule has 1 aliphatic heterocycles. The molecule has 2 atom stereocenters. The standard InChI is InChI=1S/C18H18N4O2S/c19-16(23)15(12-6-7-24-8-12)22-17-14-13(11-4-2-1-3-5-11)9-25-18(14)21-10-20-17/h1-5,9-10,12,15H,6-8H2,(H2,19,23)(H,20,21,22)/t12-,15-/m1/s1. The van der Waals surface area contributed by atoms with Gasteiger partial charge in [-0.25, -0.2) is 9.97 Å². The Hall–Kier alpha value is -2.51. The lowest BCUT2D eigenvalue weighted by atomic mass is 9.98. The Kier molecular flexibility index (Phi) is 4.33. The van der Waals surface area contributed by atoms with Crippen LogP contribution in [0.25, 0.3) is 21.3 Å². The molecule has 4 rings (SSSR count). The smallest absolute Gasteiger partial charge is 0.240 e. The molecule has 128 valence electrons. The Morgan fingerprint density at radius 3 is 2.88 bits per heavy atom. The van der Waals surface area contributed by atoms with E-state index in [0.29, 0.717) is 19.0 Å². The highest BCUT2D eigenvalue weighted by Gasteiger charge is 2.31. The van der Waals surface area contributed by atoms with E-state index in [0.717, 1.165) is 27.8 Å². The Labute approximate surface area is 149 Å². The fraction of sp³-hybridized carbons (Fsp3) is 0.278. The predicted octanol–water partition coefficient (Wildman–Crippen LogP) is 2.66. The van der Waals surface area contributed by atoms with Gasteiger partial charge >= 0.3 is 0 Å². The number of aromatic nitrogens is 2. The number of nitrogens with two attached hydrogens (primary N) is 1. The van der Waals surface area contributed by atoms with Gasteiger partial charge in [0.15, 0.2) is 0 Å². The van der Waals surface area contributed by atoms with E-state index in [1.165, 1.54) is 6.33 Å². The van der Waals surface area contributed by atoms with Crippen molar-refractivity contribution in [3.05, 3.63) is 42.0 Å². The van der Waals surface area contributed by atoms with Crippen LogP contribution in [0.2, 0.25) is 0 Å². The molecule has 1 aromatic carbocycles. The van der Waals surface area contributed by atoms with Crippen LogP contribution in [-0.2, 0) is 9.53 Å². The minimum absolute atomic E-state index is 0.0568. The Bertz CT molecular complexity index is 890. The fourth-order valence-electron chi connectivity index (χ4n) is 3.20. The molecule has 1 aliphatic rings. The maximum atomic E-state index is 12.0. The highest BCUT2D eigenvalue weighted by atomic mass is 32.1. The van der Waals surface area contributed by atoms with Gasteiger partial charge < -0.3 is 15.8 Å². The summed E-state index contributed by atoms with van der Waals surface area (Å²) in [5, 5.41) is 6.25. The van der Waals surface area contributed by atoms with Gasteiger partial charge in [0.25, 0.3) is 0 Å². The van der Waals surface area contributed by atoms with Crippen molar-refractivity contribution >= 4 is 33.3 Å². The Morgan fingerprint density at radius 1 is 1.32 bits per heavy atom. The van der Waals surface area contributed by atoms with E-state index in [4.69, 9.17) is 10.5 Å². The molecular weight excluding hydrogens is 336 g/mol. The topological polar surface area (TPSA) is 90.1 Å². The Morgan fingerprint density at radius 2 is 2.16 bits per heavy atom. The lowest BCUT2D eigenvalue weighted by Gasteiger charge is -2.21. The molecule has 3 N–H and O–H groups in total. The van der Waals surface area contributed by atoms with E-state index in [-0.39, 0.29) is 5.92 Å². The normalized spacial score (nSPS) is 18.3. The molecule has 1 fully saturated rings. The highest BCUT2D eigenvalue weighted by Crippen LogP contribution is 2.37. The van der Waals surface area contributed by atoms with Gasteiger partial charge in [0.1, 0.15) is 23.0 Å². The molecule has 0 aliphatic carbocycles. The number of thiophene rings is 1. The van der Waals surface area contributed by atoms with Crippen LogP contribution in [0.3, 0.4) is 0 Å². The van der Waals surface area contributed by atoms with Crippen LogP contribution >= 0.6 is 11.3 Å². The van der Waals surface area contributed by atoms with E-state index >= 15 is 0 Å². The zero-order valence-corrected chi connectivity index (χ0v) is 14.3. The number of fused-ring (bicyclic) bond motifs is 1. The third-order valence-electron chi connectivity index (χ3n) is 4.49. The molecule has 2 aromatic heterocycles. The van der Waals surface area contributed by atoms with Crippen molar-refractivity contribution < 1.29 is 9.53 Å². The molecule has 7 heteroatoms. The number of rotatable bonds is 5. The summed E-state index contributed by atoms with van der Waals surface area (Å²) in [6.07, 6.45) is 2.32. The SMILES string of the molecule is NC(=O)[C@H](Nc1ncnc2scc(-c3ccccc3)c12)[C@@H]1CCOC1. The second-order valence-corrected chi connectivity index (χ2v) is 6.92. The lowest BCUT2D eigenvalue weighted by molar-refractivity contribution is -0.119. The summed E-state index contributed by atoms with van der Waals surface area (Å²) >= 11 is 1.56. The average Bonchev–Trinajstić information content (AvgIpc) is 3.30. The predicted molar refractivity (Wildman–Crippen MR) is 98.4 cm³/mol. The van der Waals surface area contributed by atoms with Crippen molar-refractivity contribution in [2.24, 2.45) is 11.7 Å². The number of ether oxygens (including phenoxy) is 1. The molecule has 0 saturated carbocycles. The molecule has 0 unspecified atom stereocenters. The van der Waals surface area contributed by atoms with Gasteiger partial charge in [-0.1, -0.05) is 30.3 Å². The summed E-state index contributed by atoms with van der Waals surface area (Å²) in [5.74, 6) is 0.306. The monoisotopic (exact) mass is 354 g/mol. The average molecular weight is 354 g/mol. The third kappa shape index (κ3) is 3.08. The largest absolute Gasteiger partial charge is 0.381 e. The van der Waals surface area contributed by atoms with E-state index in [2.05, 4.69) is 32.8 Å². The number of anilines is 1.